The lowest BCUT2D eigenvalue weighted by molar-refractivity contribution is 0.581. The zero-order valence-electron chi connectivity index (χ0n) is 11.0. The second kappa shape index (κ2) is 5.67. The number of nitrogens with zero attached hydrogens (tertiary/aromatic N) is 2. The van der Waals surface area contributed by atoms with E-state index < -0.39 is 0 Å². The topological polar surface area (TPSA) is 29.9 Å². The van der Waals surface area contributed by atoms with E-state index in [1.165, 1.54) is 16.7 Å². The molecule has 0 aliphatic rings. The third-order valence-electron chi connectivity index (χ3n) is 3.02. The Morgan fingerprint density at radius 3 is 2.78 bits per heavy atom. The molecule has 96 valence electrons. The normalized spacial score (nSPS) is 10.9. The number of likely N-dealkylation sites (N-methyl/N-ethyl adjacent to an activating group) is 1. The first-order chi connectivity index (χ1) is 8.61. The molecule has 2 rings (SSSR count). The molecule has 1 N–H and O–H groups in total. The van der Waals surface area contributed by atoms with E-state index in [1.807, 2.05) is 11.7 Å². The highest BCUT2D eigenvalue weighted by molar-refractivity contribution is 9.10. The Hall–Kier alpha value is -1.13. The van der Waals surface area contributed by atoms with Gasteiger partial charge in [0.15, 0.2) is 0 Å². The van der Waals surface area contributed by atoms with Crippen molar-refractivity contribution >= 4 is 15.9 Å². The van der Waals surface area contributed by atoms with Gasteiger partial charge >= 0.3 is 0 Å². The number of aromatic nitrogens is 2. The molecule has 0 saturated carbocycles. The fourth-order valence-electron chi connectivity index (χ4n) is 1.90. The third kappa shape index (κ3) is 2.82. The number of hydrogen-bond acceptors (Lipinski definition) is 2. The summed E-state index contributed by atoms with van der Waals surface area (Å²) >= 11 is 3.58. The molecule has 2 aromatic rings. The molecule has 0 radical (unpaired) electrons. The first kappa shape index (κ1) is 13.3. The van der Waals surface area contributed by atoms with Gasteiger partial charge in [0.2, 0.25) is 0 Å². The highest BCUT2D eigenvalue weighted by Crippen LogP contribution is 2.27. The molecular weight excluding hydrogens is 290 g/mol. The number of benzene rings is 1. The minimum atomic E-state index is 0.893. The summed E-state index contributed by atoms with van der Waals surface area (Å²) in [6, 6.07) is 6.43. The lowest BCUT2D eigenvalue weighted by Crippen LogP contribution is -2.15. The number of hydrogen-bond donors (Lipinski definition) is 1. The molecule has 1 heterocycles. The summed E-state index contributed by atoms with van der Waals surface area (Å²) in [4.78, 5) is 0. The van der Waals surface area contributed by atoms with Crippen molar-refractivity contribution in [2.45, 2.75) is 20.4 Å². The Bertz CT molecular complexity index is 546. The van der Waals surface area contributed by atoms with Crippen LogP contribution in [0.2, 0.25) is 0 Å². The summed E-state index contributed by atoms with van der Waals surface area (Å²) in [5, 5.41) is 7.67. The van der Waals surface area contributed by atoms with Gasteiger partial charge in [-0.15, -0.1) is 0 Å². The first-order valence-corrected chi connectivity index (χ1v) is 6.86. The van der Waals surface area contributed by atoms with E-state index in [9.17, 15) is 0 Å². The van der Waals surface area contributed by atoms with E-state index >= 15 is 0 Å². The largest absolute Gasteiger partial charge is 0.318 e. The average molecular weight is 308 g/mol. The van der Waals surface area contributed by atoms with Gasteiger partial charge < -0.3 is 5.32 Å². The third-order valence-corrected chi connectivity index (χ3v) is 3.87. The molecule has 0 atom stereocenters. The van der Waals surface area contributed by atoms with E-state index in [-0.39, 0.29) is 0 Å². The Balaban J connectivity index is 2.32. The maximum absolute atomic E-state index is 4.54. The smallest absolute Gasteiger partial charge is 0.0672 e. The van der Waals surface area contributed by atoms with Crippen LogP contribution < -0.4 is 5.32 Å². The number of halogens is 1. The molecule has 0 fully saturated rings. The summed E-state index contributed by atoms with van der Waals surface area (Å²) in [5.41, 5.74) is 4.73. The van der Waals surface area contributed by atoms with Crippen LogP contribution >= 0.6 is 15.9 Å². The van der Waals surface area contributed by atoms with E-state index in [2.05, 4.69) is 64.6 Å². The molecule has 0 unspecified atom stereocenters. The van der Waals surface area contributed by atoms with Crippen molar-refractivity contribution in [3.05, 3.63) is 40.1 Å². The summed E-state index contributed by atoms with van der Waals surface area (Å²) in [7, 11) is 1.95. The molecule has 0 amide bonds. The predicted molar refractivity (Wildman–Crippen MR) is 78.8 cm³/mol. The maximum atomic E-state index is 4.54. The van der Waals surface area contributed by atoms with E-state index in [0.29, 0.717) is 0 Å². The van der Waals surface area contributed by atoms with Crippen LogP contribution in [0.4, 0.5) is 0 Å². The van der Waals surface area contributed by atoms with Gasteiger partial charge in [-0.1, -0.05) is 28.1 Å². The van der Waals surface area contributed by atoms with E-state index in [4.69, 9.17) is 0 Å². The minimum absolute atomic E-state index is 0.893. The quantitative estimate of drug-likeness (QED) is 0.940. The van der Waals surface area contributed by atoms with Crippen molar-refractivity contribution in [3.8, 4) is 11.1 Å². The average Bonchev–Trinajstić information content (AvgIpc) is 2.71. The number of nitrogens with one attached hydrogen (secondary N) is 1. The molecular formula is C14H18BrN3. The van der Waals surface area contributed by atoms with Crippen molar-refractivity contribution in [2.24, 2.45) is 0 Å². The second-order valence-corrected chi connectivity index (χ2v) is 5.31. The van der Waals surface area contributed by atoms with Gasteiger partial charge in [-0.2, -0.15) is 5.10 Å². The highest BCUT2D eigenvalue weighted by atomic mass is 79.9. The Kier molecular flexibility index (Phi) is 4.19. The summed E-state index contributed by atoms with van der Waals surface area (Å²) in [5.74, 6) is 0. The Labute approximate surface area is 116 Å². The van der Waals surface area contributed by atoms with Crippen LogP contribution in [0.3, 0.4) is 0 Å². The van der Waals surface area contributed by atoms with Crippen LogP contribution in [-0.2, 0) is 6.54 Å². The van der Waals surface area contributed by atoms with Gasteiger partial charge in [0.05, 0.1) is 12.2 Å². The van der Waals surface area contributed by atoms with Crippen LogP contribution in [0.1, 0.15) is 11.3 Å². The standard InChI is InChI=1S/C14H18BrN3/c1-10-4-5-12(8-14(10)15)13-9-18(7-6-16-3)17-11(13)2/h4-5,8-9,16H,6-7H2,1-3H3. The molecule has 0 aliphatic heterocycles. The van der Waals surface area contributed by atoms with Crippen molar-refractivity contribution in [2.75, 3.05) is 13.6 Å². The Morgan fingerprint density at radius 1 is 1.33 bits per heavy atom. The van der Waals surface area contributed by atoms with Crippen LogP contribution in [-0.4, -0.2) is 23.4 Å². The summed E-state index contributed by atoms with van der Waals surface area (Å²) in [6.45, 7) is 5.97. The van der Waals surface area contributed by atoms with Crippen molar-refractivity contribution < 1.29 is 0 Å². The second-order valence-electron chi connectivity index (χ2n) is 4.46. The maximum Gasteiger partial charge on any atom is 0.0672 e. The number of aryl methyl sites for hydroxylation is 2. The minimum Gasteiger partial charge on any atom is -0.318 e. The molecule has 18 heavy (non-hydrogen) atoms. The van der Waals surface area contributed by atoms with Crippen molar-refractivity contribution in [1.29, 1.82) is 0 Å². The zero-order chi connectivity index (χ0) is 13.1. The Morgan fingerprint density at radius 2 is 2.11 bits per heavy atom. The monoisotopic (exact) mass is 307 g/mol. The molecule has 1 aromatic heterocycles. The van der Waals surface area contributed by atoms with E-state index in [0.717, 1.165) is 23.3 Å². The van der Waals surface area contributed by atoms with Gasteiger partial charge in [-0.05, 0) is 38.1 Å². The van der Waals surface area contributed by atoms with Gasteiger partial charge in [0.1, 0.15) is 0 Å². The molecule has 0 spiro atoms. The van der Waals surface area contributed by atoms with Crippen LogP contribution in [0.25, 0.3) is 11.1 Å². The SMILES string of the molecule is CNCCn1cc(-c2ccc(C)c(Br)c2)c(C)n1. The van der Waals surface area contributed by atoms with Gasteiger partial charge in [-0.25, -0.2) is 0 Å². The van der Waals surface area contributed by atoms with Gasteiger partial charge in [0.25, 0.3) is 0 Å². The molecule has 1 aromatic carbocycles. The fraction of sp³-hybridized carbons (Fsp3) is 0.357. The summed E-state index contributed by atoms with van der Waals surface area (Å²) in [6.07, 6.45) is 2.11. The van der Waals surface area contributed by atoms with Crippen molar-refractivity contribution in [3.63, 3.8) is 0 Å². The summed E-state index contributed by atoms with van der Waals surface area (Å²) < 4.78 is 3.14. The van der Waals surface area contributed by atoms with Crippen LogP contribution in [0.5, 0.6) is 0 Å². The van der Waals surface area contributed by atoms with Crippen molar-refractivity contribution in [1.82, 2.24) is 15.1 Å². The molecule has 0 aliphatic carbocycles. The number of rotatable bonds is 4. The highest BCUT2D eigenvalue weighted by Gasteiger charge is 2.08. The molecule has 0 bridgehead atoms. The molecule has 3 nitrogen and oxygen atoms in total. The van der Waals surface area contributed by atoms with Gasteiger partial charge in [0, 0.05) is 22.8 Å². The molecule has 0 saturated heterocycles. The fourth-order valence-corrected chi connectivity index (χ4v) is 2.28. The van der Waals surface area contributed by atoms with E-state index in [1.54, 1.807) is 0 Å². The lowest BCUT2D eigenvalue weighted by atomic mass is 10.1. The van der Waals surface area contributed by atoms with Crippen LogP contribution in [0.15, 0.2) is 28.9 Å². The predicted octanol–water partition coefficient (Wildman–Crippen LogP) is 3.15. The zero-order valence-corrected chi connectivity index (χ0v) is 12.6. The van der Waals surface area contributed by atoms with Crippen LogP contribution in [0, 0.1) is 13.8 Å². The molecule has 4 heteroatoms. The lowest BCUT2D eigenvalue weighted by Gasteiger charge is -2.02. The first-order valence-electron chi connectivity index (χ1n) is 6.07. The van der Waals surface area contributed by atoms with Gasteiger partial charge in [-0.3, -0.25) is 4.68 Å².